The second-order valence-electron chi connectivity index (χ2n) is 0. The second-order valence-corrected chi connectivity index (χ2v) is 0. The van der Waals surface area contributed by atoms with Crippen molar-refractivity contribution < 1.29 is 0 Å². The molecule has 0 aliphatic heterocycles. The fourth-order valence-electron chi connectivity index (χ4n) is 0. The molecule has 0 aromatic rings. The van der Waals surface area contributed by atoms with Gasteiger partial charge in [-0.3, -0.25) is 0 Å². The Kier molecular flexibility index (Phi) is 104. The summed E-state index contributed by atoms with van der Waals surface area (Å²) in [6.07, 6.45) is 0. The predicted octanol–water partition coefficient (Wildman–Crippen LogP) is -4.20. The molecule has 0 heterocycles. The van der Waals surface area contributed by atoms with Crippen LogP contribution in [0.3, 0.4) is 0 Å². The number of hydrogen-bond donors (Lipinski definition) is 0. The Morgan fingerprint density at radius 1 is 1.00 bits per heavy atom. The SMILES string of the molecule is [BiH3].[InH3].[PbH2].[SnH2]. The molecule has 0 saturated heterocycles. The van der Waals surface area contributed by atoms with Gasteiger partial charge in [0.2, 0.25) is 0 Å². The van der Waals surface area contributed by atoms with E-state index in [1.54, 1.807) is 0 Å². The van der Waals surface area contributed by atoms with Crippen molar-refractivity contribution in [1.29, 1.82) is 0 Å². The van der Waals surface area contributed by atoms with Gasteiger partial charge in [-0.2, -0.15) is 0 Å². The van der Waals surface area contributed by atoms with Crippen molar-refractivity contribution >= 4 is 103 Å². The van der Waals surface area contributed by atoms with Crippen molar-refractivity contribution in [2.45, 2.75) is 0 Å². The first-order valence-electron chi connectivity index (χ1n) is 0. The molecule has 4 radical (unpaired) electrons. The van der Waals surface area contributed by atoms with Crippen LogP contribution in [0.25, 0.3) is 0 Å². The summed E-state index contributed by atoms with van der Waals surface area (Å²) < 4.78 is 0. The Bertz CT molecular complexity index is 8.00. The Balaban J connectivity index is 0. The molecule has 0 atom stereocenters. The van der Waals surface area contributed by atoms with Crippen LogP contribution in [0.15, 0.2) is 0 Å². The standard InChI is InChI=1S/Bi.In.Pb.Sn.10H. The average molecular weight is 660 g/mol. The summed E-state index contributed by atoms with van der Waals surface area (Å²) in [4.78, 5) is 0. The van der Waals surface area contributed by atoms with E-state index in [4.69, 9.17) is 0 Å². The molecule has 0 saturated carbocycles. The molecule has 0 spiro atoms. The molecule has 0 aromatic carbocycles. The van der Waals surface area contributed by atoms with E-state index in [2.05, 4.69) is 0 Å². The van der Waals surface area contributed by atoms with E-state index in [-0.39, 0.29) is 103 Å². The zero-order chi connectivity index (χ0) is 0. The van der Waals surface area contributed by atoms with Crippen molar-refractivity contribution in [3.8, 4) is 0 Å². The van der Waals surface area contributed by atoms with Crippen molar-refractivity contribution in [2.75, 3.05) is 0 Å². The Hall–Kier alpha value is 3.47. The summed E-state index contributed by atoms with van der Waals surface area (Å²) in [5, 5.41) is 0. The maximum atomic E-state index is 0. The molecule has 0 unspecified atom stereocenters. The molecule has 26 valence electrons. The molecule has 0 aromatic heterocycles. The van der Waals surface area contributed by atoms with Crippen LogP contribution >= 0.6 is 0 Å². The van der Waals surface area contributed by atoms with Gasteiger partial charge in [0, 0.05) is 0 Å². The van der Waals surface area contributed by atoms with Gasteiger partial charge >= 0.3 is 103 Å². The van der Waals surface area contributed by atoms with E-state index in [0.29, 0.717) is 0 Å². The molecule has 0 bridgehead atoms. The van der Waals surface area contributed by atoms with Crippen molar-refractivity contribution in [3.63, 3.8) is 0 Å². The molecular formula is H10BiInPbSn. The van der Waals surface area contributed by atoms with Crippen LogP contribution in [0.1, 0.15) is 0 Å². The van der Waals surface area contributed by atoms with Gasteiger partial charge in [0.25, 0.3) is 0 Å². The van der Waals surface area contributed by atoms with E-state index in [1.165, 1.54) is 0 Å². The first-order valence-corrected chi connectivity index (χ1v) is 0. The Labute approximate surface area is 101 Å². The van der Waals surface area contributed by atoms with E-state index in [9.17, 15) is 0 Å². The van der Waals surface area contributed by atoms with E-state index in [1.807, 2.05) is 0 Å². The molecule has 4 heavy (non-hydrogen) atoms. The summed E-state index contributed by atoms with van der Waals surface area (Å²) >= 11 is 0. The van der Waals surface area contributed by atoms with Crippen molar-refractivity contribution in [1.82, 2.24) is 0 Å². The van der Waals surface area contributed by atoms with Gasteiger partial charge < -0.3 is 0 Å². The summed E-state index contributed by atoms with van der Waals surface area (Å²) in [5.41, 5.74) is 0. The van der Waals surface area contributed by atoms with Gasteiger partial charge in [0.05, 0.1) is 0 Å². The van der Waals surface area contributed by atoms with Crippen LogP contribution in [-0.2, 0) is 0 Å². The summed E-state index contributed by atoms with van der Waals surface area (Å²) in [6, 6.07) is 0. The average Bonchev–Trinajstić information content (AvgIpc) is 0. The summed E-state index contributed by atoms with van der Waals surface area (Å²) in [6.45, 7) is 0. The van der Waals surface area contributed by atoms with E-state index >= 15 is 0 Å². The Morgan fingerprint density at radius 2 is 1.00 bits per heavy atom. The van der Waals surface area contributed by atoms with Crippen LogP contribution in [0.5, 0.6) is 0 Å². The molecule has 0 fully saturated rings. The zero-order valence-corrected chi connectivity index (χ0v) is 17.2. The molecule has 0 amide bonds. The van der Waals surface area contributed by atoms with Gasteiger partial charge in [-0.05, 0) is 0 Å². The van der Waals surface area contributed by atoms with Crippen LogP contribution in [0.4, 0.5) is 0 Å². The molecule has 0 N–H and O–H groups in total. The van der Waals surface area contributed by atoms with Gasteiger partial charge in [0.1, 0.15) is 0 Å². The minimum absolute atomic E-state index is 0. The summed E-state index contributed by atoms with van der Waals surface area (Å²) in [7, 11) is 0. The fourth-order valence-corrected chi connectivity index (χ4v) is 0. The first-order chi connectivity index (χ1) is 0. The van der Waals surface area contributed by atoms with Crippen molar-refractivity contribution in [3.05, 3.63) is 0 Å². The Morgan fingerprint density at radius 3 is 1.00 bits per heavy atom. The number of rotatable bonds is 0. The minimum atomic E-state index is 0. The normalized spacial score (nSPS) is 0. The fraction of sp³-hybridized carbons (Fsp3) is 0. The molecule has 0 aliphatic carbocycles. The van der Waals surface area contributed by atoms with Crippen LogP contribution in [-0.4, -0.2) is 103 Å². The summed E-state index contributed by atoms with van der Waals surface area (Å²) in [5.74, 6) is 0. The van der Waals surface area contributed by atoms with Gasteiger partial charge in [-0.1, -0.05) is 0 Å². The van der Waals surface area contributed by atoms with Gasteiger partial charge in [-0.15, -0.1) is 0 Å². The second kappa shape index (κ2) is 16.1. The van der Waals surface area contributed by atoms with E-state index in [0.717, 1.165) is 0 Å². The predicted molar refractivity (Wildman–Crippen MR) is 37.0 cm³/mol. The molecular weight excluding hydrogens is 650 g/mol. The van der Waals surface area contributed by atoms with Crippen LogP contribution in [0.2, 0.25) is 0 Å². The van der Waals surface area contributed by atoms with Crippen LogP contribution in [0, 0.1) is 0 Å². The van der Waals surface area contributed by atoms with Crippen LogP contribution < -0.4 is 0 Å². The van der Waals surface area contributed by atoms with E-state index < -0.39 is 0 Å². The third-order valence-corrected chi connectivity index (χ3v) is 0. The monoisotopic (exact) mass is 662 g/mol. The molecule has 0 aliphatic rings. The van der Waals surface area contributed by atoms with Crippen molar-refractivity contribution in [2.24, 2.45) is 0 Å². The quantitative estimate of drug-likeness (QED) is 0.232. The number of hydrogen-bond acceptors (Lipinski definition) is 0. The van der Waals surface area contributed by atoms with Gasteiger partial charge in [-0.25, -0.2) is 0 Å². The molecule has 0 rings (SSSR count). The third kappa shape index (κ3) is 9.08. The van der Waals surface area contributed by atoms with Gasteiger partial charge in [0.15, 0.2) is 0 Å². The first kappa shape index (κ1) is 26.0. The molecule has 4 heteroatoms. The topological polar surface area (TPSA) is 0 Å². The third-order valence-electron chi connectivity index (χ3n) is 0. The molecule has 0 nitrogen and oxygen atoms in total. The maximum absolute atomic E-state index is 0. The zero-order valence-electron chi connectivity index (χ0n) is 2.12.